The zero-order chi connectivity index (χ0) is 12.7. The van der Waals surface area contributed by atoms with Crippen LogP contribution in [0.2, 0.25) is 0 Å². The summed E-state index contributed by atoms with van der Waals surface area (Å²) in [5.74, 6) is 0.403. The summed E-state index contributed by atoms with van der Waals surface area (Å²) in [7, 11) is 0. The van der Waals surface area contributed by atoms with Gasteiger partial charge in [-0.05, 0) is 12.1 Å². The second-order valence-corrected chi connectivity index (χ2v) is 3.97. The van der Waals surface area contributed by atoms with Gasteiger partial charge in [0.15, 0.2) is 6.26 Å². The molecule has 0 saturated carbocycles. The van der Waals surface area contributed by atoms with Crippen LogP contribution in [0.25, 0.3) is 10.9 Å². The van der Waals surface area contributed by atoms with E-state index in [-0.39, 0.29) is 17.7 Å². The highest BCUT2D eigenvalue weighted by atomic mass is 16.6. The Bertz CT molecular complexity index is 745. The molecule has 0 atom stereocenters. The van der Waals surface area contributed by atoms with Gasteiger partial charge >= 0.3 is 0 Å². The number of H-pyrrole nitrogens is 1. The molecule has 1 aliphatic rings. The maximum atomic E-state index is 11.9. The first-order valence-corrected chi connectivity index (χ1v) is 5.31. The number of nitrogens with zero attached hydrogens (tertiary/aromatic N) is 1. The third-order valence-electron chi connectivity index (χ3n) is 2.87. The topological polar surface area (TPSA) is 85.2 Å². The summed E-state index contributed by atoms with van der Waals surface area (Å²) >= 11 is 0. The predicted octanol–water partition coefficient (Wildman–Crippen LogP) is 1.58. The molecule has 1 aromatic heterocycles. The molecule has 2 heterocycles. The molecular formula is C12H8N2O4. The van der Waals surface area contributed by atoms with E-state index >= 15 is 0 Å². The lowest BCUT2D eigenvalue weighted by Gasteiger charge is -2.14. The molecule has 0 unspecified atom stereocenters. The van der Waals surface area contributed by atoms with Crippen LogP contribution in [0.15, 0.2) is 41.0 Å². The number of fused-ring (bicyclic) bond motifs is 3. The lowest BCUT2D eigenvalue weighted by Crippen LogP contribution is -2.20. The van der Waals surface area contributed by atoms with E-state index < -0.39 is 4.92 Å². The number of hydrogen-bond acceptors (Lipinski definition) is 4. The summed E-state index contributed by atoms with van der Waals surface area (Å²) in [6, 6.07) is 7.17. The largest absolute Gasteiger partial charge is 0.457 e. The number of para-hydroxylation sites is 1. The van der Waals surface area contributed by atoms with Crippen molar-refractivity contribution in [3.63, 3.8) is 0 Å². The Labute approximate surface area is 101 Å². The number of nitrogens with one attached hydrogen (secondary N) is 1. The highest BCUT2D eigenvalue weighted by molar-refractivity contribution is 5.86. The first-order chi connectivity index (χ1) is 8.66. The molecule has 6 heteroatoms. The minimum Gasteiger partial charge on any atom is -0.457 e. The van der Waals surface area contributed by atoms with Crippen LogP contribution >= 0.6 is 0 Å². The van der Waals surface area contributed by atoms with Crippen molar-refractivity contribution >= 4 is 10.9 Å². The average Bonchev–Trinajstić information content (AvgIpc) is 2.38. The van der Waals surface area contributed by atoms with E-state index in [0.717, 1.165) is 11.6 Å². The molecule has 0 aliphatic carbocycles. The fourth-order valence-corrected chi connectivity index (χ4v) is 2.01. The zero-order valence-electron chi connectivity index (χ0n) is 9.17. The second-order valence-electron chi connectivity index (χ2n) is 3.97. The van der Waals surface area contributed by atoms with Gasteiger partial charge in [-0.15, -0.1) is 0 Å². The Morgan fingerprint density at radius 1 is 1.33 bits per heavy atom. The van der Waals surface area contributed by atoms with E-state index in [1.807, 2.05) is 6.07 Å². The number of benzene rings is 1. The SMILES string of the molecule is O=c1[nH]c2ccccc2c2c1CC([N+](=O)[O-])=CO2. The van der Waals surface area contributed by atoms with E-state index in [1.165, 1.54) is 0 Å². The molecule has 6 nitrogen and oxygen atoms in total. The molecule has 90 valence electrons. The molecule has 0 radical (unpaired) electrons. The number of hydrogen-bond donors (Lipinski definition) is 1. The molecule has 1 aromatic carbocycles. The number of aromatic amines is 1. The van der Waals surface area contributed by atoms with Gasteiger partial charge in [-0.3, -0.25) is 14.9 Å². The summed E-state index contributed by atoms with van der Waals surface area (Å²) in [6.07, 6.45) is 1.07. The standard InChI is InChI=1S/C12H8N2O4/c15-12-9-5-7(14(16)17)6-18-11(9)8-3-1-2-4-10(8)13-12/h1-4,6H,5H2,(H,13,15). The molecule has 0 saturated heterocycles. The fraction of sp³-hybridized carbons (Fsp3) is 0.0833. The number of pyridine rings is 1. The van der Waals surface area contributed by atoms with Gasteiger partial charge in [0, 0.05) is 5.39 Å². The van der Waals surface area contributed by atoms with Crippen molar-refractivity contribution < 1.29 is 9.66 Å². The summed E-state index contributed by atoms with van der Waals surface area (Å²) < 4.78 is 5.27. The minimum absolute atomic E-state index is 0.0253. The smallest absolute Gasteiger partial charge is 0.285 e. The maximum absolute atomic E-state index is 11.9. The lowest BCUT2D eigenvalue weighted by atomic mass is 10.1. The number of allylic oxidation sites excluding steroid dienone is 1. The summed E-state index contributed by atoms with van der Waals surface area (Å²) in [6.45, 7) is 0. The van der Waals surface area contributed by atoms with Gasteiger partial charge in [0.2, 0.25) is 0 Å². The Balaban J connectivity index is 2.27. The number of nitro groups is 1. The van der Waals surface area contributed by atoms with Crippen LogP contribution in [0, 0.1) is 10.1 Å². The third-order valence-corrected chi connectivity index (χ3v) is 2.87. The molecule has 0 spiro atoms. The number of aromatic nitrogens is 1. The Hall–Kier alpha value is -2.63. The molecular weight excluding hydrogens is 236 g/mol. The predicted molar refractivity (Wildman–Crippen MR) is 64.0 cm³/mol. The van der Waals surface area contributed by atoms with E-state index in [1.54, 1.807) is 18.2 Å². The van der Waals surface area contributed by atoms with Gasteiger partial charge in [-0.25, -0.2) is 0 Å². The van der Waals surface area contributed by atoms with Gasteiger partial charge in [0.05, 0.1) is 22.4 Å². The van der Waals surface area contributed by atoms with Crippen molar-refractivity contribution in [3.05, 3.63) is 62.3 Å². The van der Waals surface area contributed by atoms with Crippen LogP contribution in [0.1, 0.15) is 5.56 Å². The number of rotatable bonds is 1. The summed E-state index contributed by atoms with van der Waals surface area (Å²) in [5.41, 5.74) is 0.474. The second kappa shape index (κ2) is 3.69. The molecule has 18 heavy (non-hydrogen) atoms. The van der Waals surface area contributed by atoms with Crippen molar-refractivity contribution in [1.29, 1.82) is 0 Å². The molecule has 0 fully saturated rings. The van der Waals surface area contributed by atoms with Crippen molar-refractivity contribution in [2.45, 2.75) is 6.42 Å². The fourth-order valence-electron chi connectivity index (χ4n) is 2.01. The summed E-state index contributed by atoms with van der Waals surface area (Å²) in [5, 5.41) is 11.4. The van der Waals surface area contributed by atoms with Crippen LogP contribution in [0.5, 0.6) is 5.75 Å². The van der Waals surface area contributed by atoms with Crippen LogP contribution in [0.4, 0.5) is 0 Å². The normalized spacial score (nSPS) is 13.7. The van der Waals surface area contributed by atoms with Crippen molar-refractivity contribution in [2.75, 3.05) is 0 Å². The van der Waals surface area contributed by atoms with E-state index in [9.17, 15) is 14.9 Å². The van der Waals surface area contributed by atoms with Gasteiger partial charge < -0.3 is 9.72 Å². The van der Waals surface area contributed by atoms with Crippen molar-refractivity contribution in [3.8, 4) is 5.75 Å². The lowest BCUT2D eigenvalue weighted by molar-refractivity contribution is -0.428. The number of ether oxygens (including phenoxy) is 1. The van der Waals surface area contributed by atoms with Crippen molar-refractivity contribution in [2.24, 2.45) is 0 Å². The Kier molecular flexibility index (Phi) is 2.16. The molecule has 2 aromatic rings. The molecule has 3 rings (SSSR count). The Morgan fingerprint density at radius 2 is 2.11 bits per heavy atom. The molecule has 0 amide bonds. The maximum Gasteiger partial charge on any atom is 0.285 e. The highest BCUT2D eigenvalue weighted by Gasteiger charge is 2.25. The van der Waals surface area contributed by atoms with Crippen LogP contribution < -0.4 is 10.3 Å². The van der Waals surface area contributed by atoms with Gasteiger partial charge in [-0.2, -0.15) is 0 Å². The van der Waals surface area contributed by atoms with Gasteiger partial charge in [0.1, 0.15) is 5.75 Å². The van der Waals surface area contributed by atoms with Crippen LogP contribution in [-0.4, -0.2) is 9.91 Å². The zero-order valence-corrected chi connectivity index (χ0v) is 9.17. The third kappa shape index (κ3) is 1.46. The quantitative estimate of drug-likeness (QED) is 0.609. The molecule has 1 aliphatic heterocycles. The first-order valence-electron chi connectivity index (χ1n) is 5.31. The Morgan fingerprint density at radius 3 is 2.89 bits per heavy atom. The van der Waals surface area contributed by atoms with E-state index in [4.69, 9.17) is 4.74 Å². The van der Waals surface area contributed by atoms with E-state index in [2.05, 4.69) is 4.98 Å². The highest BCUT2D eigenvalue weighted by Crippen LogP contribution is 2.30. The van der Waals surface area contributed by atoms with Gasteiger partial charge in [-0.1, -0.05) is 12.1 Å². The minimum atomic E-state index is -0.544. The van der Waals surface area contributed by atoms with Gasteiger partial charge in [0.25, 0.3) is 11.3 Å². The van der Waals surface area contributed by atoms with Crippen LogP contribution in [-0.2, 0) is 6.42 Å². The first kappa shape index (κ1) is 10.5. The molecule has 0 bridgehead atoms. The average molecular weight is 244 g/mol. The molecule has 1 N–H and O–H groups in total. The van der Waals surface area contributed by atoms with Crippen LogP contribution in [0.3, 0.4) is 0 Å². The van der Waals surface area contributed by atoms with E-state index in [0.29, 0.717) is 16.8 Å². The monoisotopic (exact) mass is 244 g/mol. The summed E-state index contributed by atoms with van der Waals surface area (Å²) in [4.78, 5) is 24.7. The van der Waals surface area contributed by atoms with Crippen molar-refractivity contribution in [1.82, 2.24) is 4.98 Å².